The number of barbiturate groups is 1. The maximum absolute atomic E-state index is 13.1. The molecule has 0 bridgehead atoms. The van der Waals surface area contributed by atoms with Crippen LogP contribution in [0, 0.1) is 6.92 Å². The van der Waals surface area contributed by atoms with E-state index in [1.165, 1.54) is 12.5 Å². The summed E-state index contributed by atoms with van der Waals surface area (Å²) in [4.78, 5) is 41.3. The van der Waals surface area contributed by atoms with Crippen molar-refractivity contribution in [1.82, 2.24) is 5.32 Å². The van der Waals surface area contributed by atoms with E-state index >= 15 is 0 Å². The molecule has 7 heteroatoms. The van der Waals surface area contributed by atoms with Gasteiger partial charge in [0.25, 0.3) is 11.8 Å². The van der Waals surface area contributed by atoms with Gasteiger partial charge in [0.2, 0.25) is 0 Å². The van der Waals surface area contributed by atoms with Gasteiger partial charge in [-0.3, -0.25) is 14.9 Å². The smallest absolute Gasteiger partial charge is 0.335 e. The van der Waals surface area contributed by atoms with E-state index in [1.807, 2.05) is 31.2 Å². The van der Waals surface area contributed by atoms with Crippen molar-refractivity contribution in [3.8, 4) is 5.75 Å². The number of anilines is 2. The van der Waals surface area contributed by atoms with Crippen molar-refractivity contribution in [3.05, 3.63) is 59.2 Å². The minimum atomic E-state index is -0.759. The number of aryl methyl sites for hydroxylation is 1. The molecule has 2 aromatic rings. The summed E-state index contributed by atoms with van der Waals surface area (Å²) < 4.78 is 5.54. The molecule has 2 fully saturated rings. The number of carbonyl (C=O) groups is 3. The van der Waals surface area contributed by atoms with Gasteiger partial charge < -0.3 is 9.64 Å². The summed E-state index contributed by atoms with van der Waals surface area (Å²) in [7, 11) is 1.56. The minimum Gasteiger partial charge on any atom is -0.496 e. The lowest BCUT2D eigenvalue weighted by atomic mass is 10.0. The molecule has 2 aliphatic heterocycles. The van der Waals surface area contributed by atoms with E-state index in [0.29, 0.717) is 17.0 Å². The second-order valence-electron chi connectivity index (χ2n) is 7.77. The van der Waals surface area contributed by atoms with Crippen molar-refractivity contribution in [1.29, 1.82) is 0 Å². The van der Waals surface area contributed by atoms with Crippen molar-refractivity contribution in [3.63, 3.8) is 0 Å². The predicted octanol–water partition coefficient (Wildman–Crippen LogP) is 3.66. The molecule has 160 valence electrons. The predicted molar refractivity (Wildman–Crippen MR) is 119 cm³/mol. The highest BCUT2D eigenvalue weighted by Gasteiger charge is 2.37. The average Bonchev–Trinajstić information content (AvgIpc) is 2.77. The molecule has 31 heavy (non-hydrogen) atoms. The first kappa shape index (κ1) is 20.7. The molecule has 4 amide bonds. The van der Waals surface area contributed by atoms with Crippen LogP contribution in [-0.4, -0.2) is 38.0 Å². The van der Waals surface area contributed by atoms with Crippen LogP contribution in [0.4, 0.5) is 16.2 Å². The third-order valence-corrected chi connectivity index (χ3v) is 5.60. The molecule has 0 atom stereocenters. The maximum atomic E-state index is 13.1. The Kier molecular flexibility index (Phi) is 5.75. The average molecular weight is 419 g/mol. The van der Waals surface area contributed by atoms with Crippen LogP contribution in [0.5, 0.6) is 5.75 Å². The molecule has 2 aliphatic rings. The van der Waals surface area contributed by atoms with E-state index < -0.39 is 17.8 Å². The van der Waals surface area contributed by atoms with Crippen LogP contribution in [0.15, 0.2) is 48.0 Å². The lowest BCUT2D eigenvalue weighted by Crippen LogP contribution is -2.54. The number of amides is 4. The van der Waals surface area contributed by atoms with Gasteiger partial charge in [-0.1, -0.05) is 12.1 Å². The third kappa shape index (κ3) is 4.17. The highest BCUT2D eigenvalue weighted by atomic mass is 16.5. The Morgan fingerprint density at radius 3 is 2.45 bits per heavy atom. The highest BCUT2D eigenvalue weighted by Crippen LogP contribution is 2.30. The fraction of sp³-hybridized carbons (Fsp3) is 0.292. The molecule has 0 saturated carbocycles. The van der Waals surface area contributed by atoms with Gasteiger partial charge in [-0.2, -0.15) is 0 Å². The molecular weight excluding hydrogens is 394 g/mol. The number of nitrogens with zero attached hydrogens (tertiary/aromatic N) is 2. The number of carbonyl (C=O) groups excluding carboxylic acids is 3. The van der Waals surface area contributed by atoms with Crippen LogP contribution >= 0.6 is 0 Å². The number of urea groups is 1. The van der Waals surface area contributed by atoms with E-state index in [2.05, 4.69) is 10.2 Å². The lowest BCUT2D eigenvalue weighted by Gasteiger charge is -2.29. The van der Waals surface area contributed by atoms with Gasteiger partial charge in [-0.05, 0) is 62.1 Å². The van der Waals surface area contributed by atoms with Crippen LogP contribution in [0.2, 0.25) is 0 Å². The van der Waals surface area contributed by atoms with Gasteiger partial charge in [-0.15, -0.1) is 0 Å². The number of ether oxygens (including phenoxy) is 1. The van der Waals surface area contributed by atoms with Crippen molar-refractivity contribution in [2.24, 2.45) is 0 Å². The van der Waals surface area contributed by atoms with E-state index in [0.717, 1.165) is 42.1 Å². The summed E-state index contributed by atoms with van der Waals surface area (Å²) in [5.41, 5.74) is 2.84. The SMILES string of the molecule is COc1cc(N2CCCCC2)ccc1/C=C1\C(=O)NC(=O)N(c2cccc(C)c2)C1=O. The molecule has 0 radical (unpaired) electrons. The number of imide groups is 2. The van der Waals surface area contributed by atoms with Crippen LogP contribution in [0.1, 0.15) is 30.4 Å². The van der Waals surface area contributed by atoms with Crippen molar-refractivity contribution in [2.75, 3.05) is 30.0 Å². The first-order valence-corrected chi connectivity index (χ1v) is 10.4. The Bertz CT molecular complexity index is 1070. The molecule has 0 aliphatic carbocycles. The molecule has 4 rings (SSSR count). The van der Waals surface area contributed by atoms with Gasteiger partial charge in [0, 0.05) is 30.4 Å². The molecule has 2 heterocycles. The number of hydrogen-bond donors (Lipinski definition) is 1. The standard InChI is InChI=1S/C24H25N3O4/c1-16-7-6-8-19(13-16)27-23(29)20(22(28)25-24(27)30)14-17-9-10-18(15-21(17)31-2)26-11-4-3-5-12-26/h6-10,13-15H,3-5,11-12H2,1-2H3,(H,25,28,30)/b20-14+. The van der Waals surface area contributed by atoms with Crippen LogP contribution in [0.25, 0.3) is 6.08 Å². The zero-order valence-corrected chi connectivity index (χ0v) is 17.7. The van der Waals surface area contributed by atoms with Gasteiger partial charge in [0.15, 0.2) is 0 Å². The summed E-state index contributed by atoms with van der Waals surface area (Å²) in [5, 5.41) is 2.26. The Labute approximate surface area is 181 Å². The summed E-state index contributed by atoms with van der Waals surface area (Å²) in [5.74, 6) is -0.822. The number of piperidine rings is 1. The zero-order chi connectivity index (χ0) is 22.0. The maximum Gasteiger partial charge on any atom is 0.335 e. The molecule has 1 N–H and O–H groups in total. The third-order valence-electron chi connectivity index (χ3n) is 5.60. The lowest BCUT2D eigenvalue weighted by molar-refractivity contribution is -0.122. The topological polar surface area (TPSA) is 79.0 Å². The Morgan fingerprint density at radius 2 is 1.74 bits per heavy atom. The zero-order valence-electron chi connectivity index (χ0n) is 17.7. The summed E-state index contributed by atoms with van der Waals surface area (Å²) in [6, 6.07) is 12.0. The molecule has 2 aromatic carbocycles. The summed E-state index contributed by atoms with van der Waals surface area (Å²) >= 11 is 0. The summed E-state index contributed by atoms with van der Waals surface area (Å²) in [6.45, 7) is 3.86. The van der Waals surface area contributed by atoms with E-state index in [-0.39, 0.29) is 5.57 Å². The van der Waals surface area contributed by atoms with Crippen molar-refractivity contribution in [2.45, 2.75) is 26.2 Å². The van der Waals surface area contributed by atoms with Gasteiger partial charge in [0.05, 0.1) is 12.8 Å². The van der Waals surface area contributed by atoms with Crippen LogP contribution < -0.4 is 19.9 Å². The van der Waals surface area contributed by atoms with E-state index in [9.17, 15) is 14.4 Å². The fourth-order valence-corrected chi connectivity index (χ4v) is 3.98. The number of rotatable bonds is 4. The number of benzene rings is 2. The normalized spacial score (nSPS) is 18.4. The second-order valence-corrected chi connectivity index (χ2v) is 7.77. The van der Waals surface area contributed by atoms with Crippen molar-refractivity contribution >= 4 is 35.3 Å². The quantitative estimate of drug-likeness (QED) is 0.604. The number of hydrogen-bond acceptors (Lipinski definition) is 5. The van der Waals surface area contributed by atoms with Gasteiger partial charge in [-0.25, -0.2) is 9.69 Å². The molecule has 0 spiro atoms. The molecule has 0 unspecified atom stereocenters. The fourth-order valence-electron chi connectivity index (χ4n) is 3.98. The molecule has 7 nitrogen and oxygen atoms in total. The first-order valence-electron chi connectivity index (χ1n) is 10.4. The second kappa shape index (κ2) is 8.63. The van der Waals surface area contributed by atoms with Crippen molar-refractivity contribution < 1.29 is 19.1 Å². The monoisotopic (exact) mass is 419 g/mol. The molecular formula is C24H25N3O4. The Balaban J connectivity index is 1.68. The minimum absolute atomic E-state index is 0.120. The van der Waals surface area contributed by atoms with Gasteiger partial charge >= 0.3 is 6.03 Å². The van der Waals surface area contributed by atoms with Crippen LogP contribution in [0.3, 0.4) is 0 Å². The number of nitrogens with one attached hydrogen (secondary N) is 1. The number of methoxy groups -OCH3 is 1. The Hall–Kier alpha value is -3.61. The van der Waals surface area contributed by atoms with Gasteiger partial charge in [0.1, 0.15) is 11.3 Å². The van der Waals surface area contributed by atoms with Crippen LogP contribution in [-0.2, 0) is 9.59 Å². The molecule has 0 aromatic heterocycles. The Morgan fingerprint density at radius 1 is 0.968 bits per heavy atom. The summed E-state index contributed by atoms with van der Waals surface area (Å²) in [6.07, 6.45) is 5.04. The van der Waals surface area contributed by atoms with E-state index in [1.54, 1.807) is 25.3 Å². The largest absolute Gasteiger partial charge is 0.496 e. The highest BCUT2D eigenvalue weighted by molar-refractivity contribution is 6.39. The molecule has 2 saturated heterocycles. The first-order chi connectivity index (χ1) is 15.0. The van der Waals surface area contributed by atoms with E-state index in [4.69, 9.17) is 4.74 Å².